The maximum atomic E-state index is 10.4. The first-order valence-corrected chi connectivity index (χ1v) is 4.53. The molecule has 0 bridgehead atoms. The van der Waals surface area contributed by atoms with Gasteiger partial charge in [-0.2, -0.15) is 0 Å². The largest absolute Gasteiger partial charge is 0.242 e. The average Bonchev–Trinajstić information content (AvgIpc) is 2.29. The summed E-state index contributed by atoms with van der Waals surface area (Å²) in [5.41, 5.74) is 2.08. The lowest BCUT2D eigenvalue weighted by molar-refractivity contribution is 1.06. The van der Waals surface area contributed by atoms with E-state index in [9.17, 15) is 4.91 Å². The number of benzene rings is 1. The molecule has 0 atom stereocenters. The second-order valence-corrected chi connectivity index (χ2v) is 3.13. The molecule has 0 N–H and O–H groups in total. The quantitative estimate of drug-likeness (QED) is 0.699. The van der Waals surface area contributed by atoms with Gasteiger partial charge in [0.1, 0.15) is 11.5 Å². The Kier molecular flexibility index (Phi) is 2.49. The predicted octanol–water partition coefficient (Wildman–Crippen LogP) is 2.85. The van der Waals surface area contributed by atoms with Crippen LogP contribution in [0.1, 0.15) is 5.82 Å². The Hall–Kier alpha value is -2.10. The highest BCUT2D eigenvalue weighted by molar-refractivity contribution is 5.63. The van der Waals surface area contributed by atoms with Gasteiger partial charge in [-0.05, 0) is 30.3 Å². The monoisotopic (exact) mass is 199 g/mol. The van der Waals surface area contributed by atoms with Crippen LogP contribution in [-0.4, -0.2) is 9.97 Å². The average molecular weight is 199 g/mol. The molecule has 0 spiro atoms. The van der Waals surface area contributed by atoms with E-state index in [1.807, 2.05) is 13.0 Å². The van der Waals surface area contributed by atoms with E-state index in [1.54, 1.807) is 30.5 Å². The Morgan fingerprint density at radius 3 is 2.87 bits per heavy atom. The molecular formula is C11H9N3O. The molecule has 4 nitrogen and oxygen atoms in total. The van der Waals surface area contributed by atoms with Gasteiger partial charge in [0.2, 0.25) is 0 Å². The second-order valence-electron chi connectivity index (χ2n) is 3.13. The van der Waals surface area contributed by atoms with Gasteiger partial charge in [-0.15, -0.1) is 4.91 Å². The summed E-state index contributed by atoms with van der Waals surface area (Å²) in [6.45, 7) is 1.82. The van der Waals surface area contributed by atoms with E-state index in [0.717, 1.165) is 11.3 Å². The van der Waals surface area contributed by atoms with Crippen LogP contribution in [0.5, 0.6) is 0 Å². The molecule has 0 saturated heterocycles. The van der Waals surface area contributed by atoms with Gasteiger partial charge < -0.3 is 0 Å². The van der Waals surface area contributed by atoms with Crippen molar-refractivity contribution in [2.75, 3.05) is 0 Å². The molecule has 0 aliphatic carbocycles. The highest BCUT2D eigenvalue weighted by Crippen LogP contribution is 2.21. The van der Waals surface area contributed by atoms with Gasteiger partial charge in [-0.25, -0.2) is 9.97 Å². The minimum Gasteiger partial charge on any atom is -0.242 e. The topological polar surface area (TPSA) is 55.2 Å². The second kappa shape index (κ2) is 3.96. The normalized spacial score (nSPS) is 9.93. The Labute approximate surface area is 87.0 Å². The molecule has 4 heteroatoms. The van der Waals surface area contributed by atoms with Crippen LogP contribution >= 0.6 is 0 Å². The summed E-state index contributed by atoms with van der Waals surface area (Å²) in [6.07, 6.45) is 1.69. The molecule has 1 aromatic carbocycles. The van der Waals surface area contributed by atoms with Crippen LogP contribution in [0.2, 0.25) is 0 Å². The Morgan fingerprint density at radius 2 is 2.13 bits per heavy atom. The van der Waals surface area contributed by atoms with Crippen molar-refractivity contribution < 1.29 is 0 Å². The van der Waals surface area contributed by atoms with Gasteiger partial charge in [0, 0.05) is 11.8 Å². The van der Waals surface area contributed by atoms with Gasteiger partial charge >= 0.3 is 0 Å². The minimum atomic E-state index is 0.406. The van der Waals surface area contributed by atoms with Crippen molar-refractivity contribution in [2.24, 2.45) is 5.18 Å². The van der Waals surface area contributed by atoms with Crippen LogP contribution in [0.3, 0.4) is 0 Å². The first-order chi connectivity index (χ1) is 7.29. The molecule has 0 unspecified atom stereocenters. The van der Waals surface area contributed by atoms with Crippen LogP contribution < -0.4 is 0 Å². The number of nitrogens with zero attached hydrogens (tertiary/aromatic N) is 3. The summed E-state index contributed by atoms with van der Waals surface area (Å²) in [6, 6.07) is 8.83. The predicted molar refractivity (Wildman–Crippen MR) is 57.7 cm³/mol. The van der Waals surface area contributed by atoms with E-state index in [4.69, 9.17) is 0 Å². The van der Waals surface area contributed by atoms with E-state index in [1.165, 1.54) is 0 Å². The molecule has 0 amide bonds. The number of aromatic nitrogens is 2. The number of aryl methyl sites for hydroxylation is 1. The molecular weight excluding hydrogens is 190 g/mol. The summed E-state index contributed by atoms with van der Waals surface area (Å²) in [4.78, 5) is 18.6. The maximum Gasteiger partial charge on any atom is 0.125 e. The zero-order chi connectivity index (χ0) is 10.7. The lowest BCUT2D eigenvalue weighted by Crippen LogP contribution is -1.89. The number of hydrogen-bond donors (Lipinski definition) is 0. The van der Waals surface area contributed by atoms with E-state index < -0.39 is 0 Å². The number of rotatable bonds is 2. The molecule has 0 radical (unpaired) electrons. The zero-order valence-electron chi connectivity index (χ0n) is 8.21. The van der Waals surface area contributed by atoms with Crippen LogP contribution in [0, 0.1) is 11.8 Å². The fraction of sp³-hybridized carbons (Fsp3) is 0.0909. The van der Waals surface area contributed by atoms with Crippen molar-refractivity contribution >= 4 is 5.69 Å². The smallest absolute Gasteiger partial charge is 0.125 e. The molecule has 0 aliphatic rings. The summed E-state index contributed by atoms with van der Waals surface area (Å²) >= 11 is 0. The van der Waals surface area contributed by atoms with Gasteiger partial charge in [0.25, 0.3) is 0 Å². The molecule has 74 valence electrons. The lowest BCUT2D eigenvalue weighted by atomic mass is 10.1. The van der Waals surface area contributed by atoms with E-state index in [2.05, 4.69) is 15.1 Å². The molecule has 1 aromatic heterocycles. The minimum absolute atomic E-state index is 0.406. The SMILES string of the molecule is Cc1nccc(-c2cccc(N=O)c2)n1. The third kappa shape index (κ3) is 2.04. The molecule has 15 heavy (non-hydrogen) atoms. The van der Waals surface area contributed by atoms with E-state index >= 15 is 0 Å². The number of hydrogen-bond acceptors (Lipinski definition) is 4. The van der Waals surface area contributed by atoms with Crippen LogP contribution in [0.25, 0.3) is 11.3 Å². The molecule has 1 heterocycles. The molecule has 0 aliphatic heterocycles. The maximum absolute atomic E-state index is 10.4. The first-order valence-electron chi connectivity index (χ1n) is 4.53. The van der Waals surface area contributed by atoms with Crippen LogP contribution in [-0.2, 0) is 0 Å². The summed E-state index contributed by atoms with van der Waals surface area (Å²) in [5, 5.41) is 2.89. The third-order valence-corrected chi connectivity index (χ3v) is 2.02. The van der Waals surface area contributed by atoms with Gasteiger partial charge in [0.15, 0.2) is 0 Å². The van der Waals surface area contributed by atoms with Crippen molar-refractivity contribution in [1.82, 2.24) is 9.97 Å². The van der Waals surface area contributed by atoms with Crippen LogP contribution in [0.4, 0.5) is 5.69 Å². The van der Waals surface area contributed by atoms with Crippen molar-refractivity contribution in [3.8, 4) is 11.3 Å². The highest BCUT2D eigenvalue weighted by atomic mass is 16.3. The summed E-state index contributed by atoms with van der Waals surface area (Å²) in [7, 11) is 0. The standard InChI is InChI=1S/C11H9N3O/c1-8-12-6-5-11(13-8)9-3-2-4-10(7-9)14-15/h2-7H,1H3. The first kappa shape index (κ1) is 9.45. The fourth-order valence-electron chi connectivity index (χ4n) is 1.34. The molecule has 2 rings (SSSR count). The van der Waals surface area contributed by atoms with Crippen molar-refractivity contribution in [3.05, 3.63) is 47.3 Å². The molecule has 0 saturated carbocycles. The fourth-order valence-corrected chi connectivity index (χ4v) is 1.34. The van der Waals surface area contributed by atoms with E-state index in [0.29, 0.717) is 11.5 Å². The van der Waals surface area contributed by atoms with Crippen molar-refractivity contribution in [1.29, 1.82) is 0 Å². The lowest BCUT2D eigenvalue weighted by Gasteiger charge is -2.01. The third-order valence-electron chi connectivity index (χ3n) is 2.02. The van der Waals surface area contributed by atoms with Crippen molar-refractivity contribution in [2.45, 2.75) is 6.92 Å². The highest BCUT2D eigenvalue weighted by Gasteiger charge is 2.01. The Balaban J connectivity index is 2.49. The summed E-state index contributed by atoms with van der Waals surface area (Å²) < 4.78 is 0. The van der Waals surface area contributed by atoms with Crippen molar-refractivity contribution in [3.63, 3.8) is 0 Å². The summed E-state index contributed by atoms with van der Waals surface area (Å²) in [5.74, 6) is 0.706. The number of nitroso groups, excluding NO2 is 1. The van der Waals surface area contributed by atoms with Gasteiger partial charge in [0.05, 0.1) is 5.69 Å². The van der Waals surface area contributed by atoms with Gasteiger partial charge in [-0.1, -0.05) is 12.1 Å². The zero-order valence-corrected chi connectivity index (χ0v) is 8.21. The van der Waals surface area contributed by atoms with Crippen LogP contribution in [0.15, 0.2) is 41.7 Å². The van der Waals surface area contributed by atoms with Gasteiger partial charge in [-0.3, -0.25) is 0 Å². The molecule has 2 aromatic rings. The Bertz CT molecular complexity index is 497. The molecule has 0 fully saturated rings. The Morgan fingerprint density at radius 1 is 1.27 bits per heavy atom. The van der Waals surface area contributed by atoms with E-state index in [-0.39, 0.29) is 0 Å².